The lowest BCUT2D eigenvalue weighted by molar-refractivity contribution is 0.839. The predicted octanol–water partition coefficient (Wildman–Crippen LogP) is 0.787. The summed E-state index contributed by atoms with van der Waals surface area (Å²) >= 11 is 0. The Morgan fingerprint density at radius 3 is 3.06 bits per heavy atom. The topological polar surface area (TPSA) is 59.8 Å². The molecule has 5 heteroatoms. The van der Waals surface area contributed by atoms with Gasteiger partial charge in [0.25, 0.3) is 5.56 Å². The van der Waals surface area contributed by atoms with Gasteiger partial charge in [-0.1, -0.05) is 6.07 Å². The minimum absolute atomic E-state index is 0.133. The summed E-state index contributed by atoms with van der Waals surface area (Å²) in [6.45, 7) is 0.542. The highest BCUT2D eigenvalue weighted by atomic mass is 16.1. The van der Waals surface area contributed by atoms with E-state index < -0.39 is 0 Å². The maximum Gasteiger partial charge on any atom is 0.293 e. The van der Waals surface area contributed by atoms with Gasteiger partial charge in [0.15, 0.2) is 5.82 Å². The predicted molar refractivity (Wildman–Crippen MR) is 61.0 cm³/mol. The van der Waals surface area contributed by atoms with Crippen LogP contribution in [0.1, 0.15) is 5.56 Å². The fraction of sp³-hybridized carbons (Fsp3) is 0.182. The lowest BCUT2D eigenvalue weighted by Crippen LogP contribution is -2.21. The summed E-state index contributed by atoms with van der Waals surface area (Å²) in [5, 5.41) is 2.99. The third-order valence-electron chi connectivity index (χ3n) is 2.20. The van der Waals surface area contributed by atoms with Gasteiger partial charge >= 0.3 is 0 Å². The van der Waals surface area contributed by atoms with Gasteiger partial charge in [-0.05, 0) is 11.6 Å². The van der Waals surface area contributed by atoms with Crippen LogP contribution in [0.5, 0.6) is 0 Å². The maximum absolute atomic E-state index is 11.6. The maximum atomic E-state index is 11.6. The molecule has 2 rings (SSSR count). The Hall–Kier alpha value is -2.17. The van der Waals surface area contributed by atoms with Gasteiger partial charge in [-0.2, -0.15) is 0 Å². The number of pyridine rings is 1. The minimum atomic E-state index is -0.133. The quantitative estimate of drug-likeness (QED) is 0.824. The highest BCUT2D eigenvalue weighted by Gasteiger charge is 2.01. The van der Waals surface area contributed by atoms with Crippen molar-refractivity contribution in [1.82, 2.24) is 14.5 Å². The van der Waals surface area contributed by atoms with Crippen LogP contribution >= 0.6 is 0 Å². The van der Waals surface area contributed by atoms with Crippen LogP contribution in [0.2, 0.25) is 0 Å². The van der Waals surface area contributed by atoms with Crippen molar-refractivity contribution >= 4 is 5.82 Å². The largest absolute Gasteiger partial charge is 0.361 e. The number of nitrogens with one attached hydrogen (secondary N) is 1. The second-order valence-electron chi connectivity index (χ2n) is 3.41. The van der Waals surface area contributed by atoms with Crippen molar-refractivity contribution in [2.75, 3.05) is 5.32 Å². The first-order chi connectivity index (χ1) is 7.77. The number of anilines is 1. The molecule has 0 radical (unpaired) electrons. The van der Waals surface area contributed by atoms with Crippen LogP contribution in [0.25, 0.3) is 0 Å². The Morgan fingerprint density at radius 2 is 2.31 bits per heavy atom. The third kappa shape index (κ3) is 2.25. The number of rotatable bonds is 3. The van der Waals surface area contributed by atoms with Crippen molar-refractivity contribution in [3.63, 3.8) is 0 Å². The van der Waals surface area contributed by atoms with E-state index in [0.717, 1.165) is 5.56 Å². The summed E-state index contributed by atoms with van der Waals surface area (Å²) in [7, 11) is 1.69. The van der Waals surface area contributed by atoms with Gasteiger partial charge in [0.05, 0.1) is 0 Å². The molecule has 1 N–H and O–H groups in total. The average molecular weight is 216 g/mol. The van der Waals surface area contributed by atoms with E-state index in [-0.39, 0.29) is 5.56 Å². The number of nitrogens with zero attached hydrogens (tertiary/aromatic N) is 3. The molecule has 0 aliphatic carbocycles. The van der Waals surface area contributed by atoms with Gasteiger partial charge in [0, 0.05) is 38.4 Å². The van der Waals surface area contributed by atoms with Gasteiger partial charge in [-0.15, -0.1) is 0 Å². The Balaban J connectivity index is 2.11. The van der Waals surface area contributed by atoms with E-state index in [2.05, 4.69) is 15.3 Å². The summed E-state index contributed by atoms with van der Waals surface area (Å²) in [5.74, 6) is 0.355. The van der Waals surface area contributed by atoms with Crippen LogP contribution in [0, 0.1) is 0 Å². The number of hydrogen-bond acceptors (Lipinski definition) is 4. The molecule has 0 saturated heterocycles. The Kier molecular flexibility index (Phi) is 2.95. The SMILES string of the molecule is Cn1ccnc(NCc2cccnc2)c1=O. The second-order valence-corrected chi connectivity index (χ2v) is 3.41. The molecule has 82 valence electrons. The molecule has 0 aromatic carbocycles. The van der Waals surface area contributed by atoms with Crippen molar-refractivity contribution in [3.8, 4) is 0 Å². The van der Waals surface area contributed by atoms with Gasteiger partial charge in [0.1, 0.15) is 0 Å². The molecule has 0 aliphatic rings. The van der Waals surface area contributed by atoms with E-state index in [9.17, 15) is 4.79 Å². The van der Waals surface area contributed by atoms with E-state index in [0.29, 0.717) is 12.4 Å². The zero-order valence-electron chi connectivity index (χ0n) is 8.92. The highest BCUT2D eigenvalue weighted by Crippen LogP contribution is 1.99. The van der Waals surface area contributed by atoms with Crippen LogP contribution in [0.15, 0.2) is 41.7 Å². The van der Waals surface area contributed by atoms with E-state index in [4.69, 9.17) is 0 Å². The number of hydrogen-bond donors (Lipinski definition) is 1. The lowest BCUT2D eigenvalue weighted by Gasteiger charge is -2.05. The monoisotopic (exact) mass is 216 g/mol. The van der Waals surface area contributed by atoms with Gasteiger partial charge in [0.2, 0.25) is 0 Å². The molecule has 16 heavy (non-hydrogen) atoms. The highest BCUT2D eigenvalue weighted by molar-refractivity contribution is 5.32. The fourth-order valence-corrected chi connectivity index (χ4v) is 1.31. The second kappa shape index (κ2) is 4.57. The molecule has 0 aliphatic heterocycles. The first-order valence-electron chi connectivity index (χ1n) is 4.92. The van der Waals surface area contributed by atoms with Gasteiger partial charge in [-0.3, -0.25) is 9.78 Å². The molecular weight excluding hydrogens is 204 g/mol. The van der Waals surface area contributed by atoms with Crippen molar-refractivity contribution in [1.29, 1.82) is 0 Å². The number of aromatic nitrogens is 3. The van der Waals surface area contributed by atoms with E-state index >= 15 is 0 Å². The molecule has 0 atom stereocenters. The molecule has 0 unspecified atom stereocenters. The first kappa shape index (κ1) is 10.4. The van der Waals surface area contributed by atoms with Crippen molar-refractivity contribution < 1.29 is 0 Å². The van der Waals surface area contributed by atoms with Gasteiger partial charge < -0.3 is 9.88 Å². The Labute approximate surface area is 92.8 Å². The van der Waals surface area contributed by atoms with Crippen molar-refractivity contribution in [2.45, 2.75) is 6.54 Å². The zero-order valence-corrected chi connectivity index (χ0v) is 8.92. The van der Waals surface area contributed by atoms with E-state index in [1.54, 1.807) is 31.8 Å². The molecule has 2 heterocycles. The summed E-state index contributed by atoms with van der Waals surface area (Å²) < 4.78 is 1.48. The van der Waals surface area contributed by atoms with Crippen LogP contribution in [0.3, 0.4) is 0 Å². The Bertz CT molecular complexity index is 521. The van der Waals surface area contributed by atoms with Gasteiger partial charge in [-0.25, -0.2) is 4.98 Å². The lowest BCUT2D eigenvalue weighted by atomic mass is 10.3. The molecule has 0 saturated carbocycles. The third-order valence-corrected chi connectivity index (χ3v) is 2.20. The zero-order chi connectivity index (χ0) is 11.4. The molecule has 2 aromatic heterocycles. The average Bonchev–Trinajstić information content (AvgIpc) is 2.32. The van der Waals surface area contributed by atoms with E-state index in [1.807, 2.05) is 12.1 Å². The van der Waals surface area contributed by atoms with Crippen molar-refractivity contribution in [2.24, 2.45) is 7.05 Å². The molecule has 0 amide bonds. The fourth-order valence-electron chi connectivity index (χ4n) is 1.31. The smallest absolute Gasteiger partial charge is 0.293 e. The first-order valence-corrected chi connectivity index (χ1v) is 4.92. The molecule has 2 aromatic rings. The Morgan fingerprint density at radius 1 is 1.44 bits per heavy atom. The molecule has 5 nitrogen and oxygen atoms in total. The molecule has 0 fully saturated rings. The standard InChI is InChI=1S/C11H12N4O/c1-15-6-5-13-10(11(15)16)14-8-9-3-2-4-12-7-9/h2-7H,8H2,1H3,(H,13,14). The summed E-state index contributed by atoms with van der Waals surface area (Å²) in [5.41, 5.74) is 0.876. The van der Waals surface area contributed by atoms with Crippen molar-refractivity contribution in [3.05, 3.63) is 52.8 Å². The van der Waals surface area contributed by atoms with E-state index in [1.165, 1.54) is 4.57 Å². The summed E-state index contributed by atoms with van der Waals surface area (Å²) in [6, 6.07) is 3.79. The van der Waals surface area contributed by atoms with Crippen LogP contribution < -0.4 is 10.9 Å². The molecule has 0 spiro atoms. The number of aryl methyl sites for hydroxylation is 1. The summed E-state index contributed by atoms with van der Waals surface area (Å²) in [4.78, 5) is 19.6. The molecule has 0 bridgehead atoms. The molecular formula is C11H12N4O. The van der Waals surface area contributed by atoms with Crippen LogP contribution in [-0.2, 0) is 13.6 Å². The normalized spacial score (nSPS) is 10.1. The minimum Gasteiger partial charge on any atom is -0.361 e. The van der Waals surface area contributed by atoms with Crippen LogP contribution in [0.4, 0.5) is 5.82 Å². The van der Waals surface area contributed by atoms with Crippen LogP contribution in [-0.4, -0.2) is 14.5 Å². The summed E-state index contributed by atoms with van der Waals surface area (Å²) in [6.07, 6.45) is 6.67.